The van der Waals surface area contributed by atoms with Crippen LogP contribution >= 0.6 is 12.4 Å². The van der Waals surface area contributed by atoms with E-state index < -0.39 is 5.91 Å². The van der Waals surface area contributed by atoms with Gasteiger partial charge in [0.1, 0.15) is 11.5 Å². The highest BCUT2D eigenvalue weighted by molar-refractivity contribution is 5.89. The molecule has 2 aromatic heterocycles. The summed E-state index contributed by atoms with van der Waals surface area (Å²) >= 11 is 0. The molecule has 7 heteroatoms. The predicted octanol–water partition coefficient (Wildman–Crippen LogP) is 0.961. The van der Waals surface area contributed by atoms with Gasteiger partial charge in [0, 0.05) is 6.20 Å². The number of nitrogens with zero attached hydrogens (tertiary/aromatic N) is 3. The molecule has 0 aliphatic carbocycles. The number of nitrogens with two attached hydrogens (primary N) is 1. The first-order valence-electron chi connectivity index (χ1n) is 4.22. The van der Waals surface area contributed by atoms with Crippen LogP contribution in [0.2, 0.25) is 0 Å². The van der Waals surface area contributed by atoms with Crippen molar-refractivity contribution < 1.29 is 9.21 Å². The number of carbonyl (C=O) groups excluding carboxylic acids is 1. The molecule has 2 rings (SSSR count). The van der Waals surface area contributed by atoms with Gasteiger partial charge in [0.25, 0.3) is 5.91 Å². The van der Waals surface area contributed by atoms with Crippen molar-refractivity contribution in [2.45, 2.75) is 6.92 Å². The Labute approximate surface area is 97.3 Å². The maximum atomic E-state index is 10.8. The van der Waals surface area contributed by atoms with Crippen molar-refractivity contribution in [2.24, 2.45) is 5.73 Å². The topological polar surface area (TPSA) is 94.9 Å². The second-order valence-corrected chi connectivity index (χ2v) is 2.88. The number of oxazole rings is 1. The van der Waals surface area contributed by atoms with Crippen LogP contribution in [0.5, 0.6) is 0 Å². The Kier molecular flexibility index (Phi) is 3.57. The Morgan fingerprint density at radius 3 is 2.75 bits per heavy atom. The zero-order valence-corrected chi connectivity index (χ0v) is 9.19. The lowest BCUT2D eigenvalue weighted by Crippen LogP contribution is -2.09. The Morgan fingerprint density at radius 2 is 2.19 bits per heavy atom. The first-order chi connectivity index (χ1) is 7.16. The maximum absolute atomic E-state index is 10.8. The molecule has 0 aliphatic heterocycles. The predicted molar refractivity (Wildman–Crippen MR) is 58.0 cm³/mol. The van der Waals surface area contributed by atoms with Crippen LogP contribution in [-0.4, -0.2) is 20.9 Å². The Hall–Kier alpha value is -1.95. The van der Waals surface area contributed by atoms with E-state index in [4.69, 9.17) is 10.2 Å². The molecule has 0 unspecified atom stereocenters. The van der Waals surface area contributed by atoms with Crippen LogP contribution in [0.1, 0.15) is 16.4 Å². The lowest BCUT2D eigenvalue weighted by Gasteiger charge is -1.94. The number of primary amides is 1. The molecule has 0 spiro atoms. The summed E-state index contributed by atoms with van der Waals surface area (Å²) in [5, 5.41) is 0. The fourth-order valence-corrected chi connectivity index (χ4v) is 1.08. The van der Waals surface area contributed by atoms with Crippen molar-refractivity contribution in [1.82, 2.24) is 15.0 Å². The normalized spacial score (nSPS) is 9.56. The molecule has 16 heavy (non-hydrogen) atoms. The molecular weight excluding hydrogens is 232 g/mol. The molecule has 2 aromatic rings. The minimum Gasteiger partial charge on any atom is -0.429 e. The molecule has 1 amide bonds. The van der Waals surface area contributed by atoms with Crippen molar-refractivity contribution in [3.8, 4) is 11.6 Å². The highest BCUT2D eigenvalue weighted by Crippen LogP contribution is 2.15. The number of rotatable bonds is 2. The van der Waals surface area contributed by atoms with Gasteiger partial charge in [0.2, 0.25) is 11.7 Å². The quantitative estimate of drug-likeness (QED) is 0.844. The number of aromatic nitrogens is 3. The molecule has 0 fully saturated rings. The largest absolute Gasteiger partial charge is 0.429 e. The first kappa shape index (κ1) is 12.1. The van der Waals surface area contributed by atoms with E-state index in [0.717, 1.165) is 0 Å². The molecule has 0 bridgehead atoms. The standard InChI is InChI=1S/C9H8N4O2.ClH/c1-5-11-3-2-6(13-5)9-12-4-7(15-9)8(10)14;/h2-4H,1H3,(H2,10,14);1H. The summed E-state index contributed by atoms with van der Waals surface area (Å²) < 4.78 is 5.11. The second-order valence-electron chi connectivity index (χ2n) is 2.88. The molecule has 0 saturated carbocycles. The van der Waals surface area contributed by atoms with Crippen molar-refractivity contribution in [3.05, 3.63) is 30.0 Å². The summed E-state index contributed by atoms with van der Waals surface area (Å²) in [6.45, 7) is 1.75. The Morgan fingerprint density at radius 1 is 1.44 bits per heavy atom. The van der Waals surface area contributed by atoms with Crippen molar-refractivity contribution in [2.75, 3.05) is 0 Å². The minimum absolute atomic E-state index is 0. The number of hydrogen-bond donors (Lipinski definition) is 1. The van der Waals surface area contributed by atoms with Gasteiger partial charge in [-0.2, -0.15) is 0 Å². The van der Waals surface area contributed by atoms with Crippen LogP contribution < -0.4 is 5.73 Å². The summed E-state index contributed by atoms with van der Waals surface area (Å²) in [6, 6.07) is 1.64. The number of amides is 1. The average Bonchev–Trinajstić information content (AvgIpc) is 2.66. The Bertz CT molecular complexity index is 512. The summed E-state index contributed by atoms with van der Waals surface area (Å²) in [5.41, 5.74) is 5.55. The second kappa shape index (κ2) is 4.71. The highest BCUT2D eigenvalue weighted by Gasteiger charge is 2.11. The molecule has 84 valence electrons. The third kappa shape index (κ3) is 2.34. The molecule has 0 aliphatic rings. The number of aryl methyl sites for hydroxylation is 1. The van der Waals surface area contributed by atoms with E-state index in [1.807, 2.05) is 0 Å². The van der Waals surface area contributed by atoms with E-state index in [9.17, 15) is 4.79 Å². The number of carbonyl (C=O) groups is 1. The van der Waals surface area contributed by atoms with Crippen molar-refractivity contribution >= 4 is 18.3 Å². The van der Waals surface area contributed by atoms with Gasteiger partial charge in [0.05, 0.1) is 6.20 Å². The molecular formula is C9H9ClN4O2. The molecule has 6 nitrogen and oxygen atoms in total. The van der Waals surface area contributed by atoms with Gasteiger partial charge in [-0.25, -0.2) is 15.0 Å². The third-order valence-electron chi connectivity index (χ3n) is 1.74. The molecule has 2 N–H and O–H groups in total. The number of halogens is 1. The first-order valence-corrected chi connectivity index (χ1v) is 4.22. The van der Waals surface area contributed by atoms with Gasteiger partial charge in [-0.3, -0.25) is 4.79 Å². The SMILES string of the molecule is Cc1nccc(-c2ncc(C(N)=O)o2)n1.Cl. The zero-order valence-electron chi connectivity index (χ0n) is 8.38. The van der Waals surface area contributed by atoms with E-state index >= 15 is 0 Å². The van der Waals surface area contributed by atoms with Crippen LogP contribution in [-0.2, 0) is 0 Å². The molecule has 0 saturated heterocycles. The van der Waals surface area contributed by atoms with Crippen LogP contribution in [0, 0.1) is 6.92 Å². The molecule has 0 atom stereocenters. The van der Waals surface area contributed by atoms with E-state index in [1.54, 1.807) is 19.2 Å². The van der Waals surface area contributed by atoms with Gasteiger partial charge < -0.3 is 10.2 Å². The lowest BCUT2D eigenvalue weighted by atomic mass is 10.4. The molecule has 2 heterocycles. The van der Waals surface area contributed by atoms with Gasteiger partial charge in [-0.15, -0.1) is 12.4 Å². The fraction of sp³-hybridized carbons (Fsp3) is 0.111. The molecule has 0 radical (unpaired) electrons. The van der Waals surface area contributed by atoms with Gasteiger partial charge in [-0.1, -0.05) is 0 Å². The fourth-order valence-electron chi connectivity index (χ4n) is 1.08. The van der Waals surface area contributed by atoms with Crippen molar-refractivity contribution in [3.63, 3.8) is 0 Å². The van der Waals surface area contributed by atoms with E-state index in [1.165, 1.54) is 6.20 Å². The highest BCUT2D eigenvalue weighted by atomic mass is 35.5. The van der Waals surface area contributed by atoms with Crippen LogP contribution in [0.3, 0.4) is 0 Å². The van der Waals surface area contributed by atoms with E-state index in [2.05, 4.69) is 15.0 Å². The van der Waals surface area contributed by atoms with Gasteiger partial charge in [0.15, 0.2) is 0 Å². The molecule has 0 aromatic carbocycles. The van der Waals surface area contributed by atoms with E-state index in [0.29, 0.717) is 11.5 Å². The van der Waals surface area contributed by atoms with Crippen LogP contribution in [0.15, 0.2) is 22.9 Å². The van der Waals surface area contributed by atoms with Gasteiger partial charge in [-0.05, 0) is 13.0 Å². The maximum Gasteiger partial charge on any atom is 0.286 e. The summed E-state index contributed by atoms with van der Waals surface area (Å²) in [4.78, 5) is 22.7. The van der Waals surface area contributed by atoms with Crippen molar-refractivity contribution in [1.29, 1.82) is 0 Å². The average molecular weight is 241 g/mol. The zero-order chi connectivity index (χ0) is 10.8. The number of hydrogen-bond acceptors (Lipinski definition) is 5. The monoisotopic (exact) mass is 240 g/mol. The summed E-state index contributed by atoms with van der Waals surface area (Å²) in [6.07, 6.45) is 2.86. The Balaban J connectivity index is 0.00000128. The van der Waals surface area contributed by atoms with Crippen LogP contribution in [0.4, 0.5) is 0 Å². The van der Waals surface area contributed by atoms with Crippen LogP contribution in [0.25, 0.3) is 11.6 Å². The third-order valence-corrected chi connectivity index (χ3v) is 1.74. The van der Waals surface area contributed by atoms with Gasteiger partial charge >= 0.3 is 0 Å². The summed E-state index contributed by atoms with van der Waals surface area (Å²) in [5.74, 6) is 0.224. The summed E-state index contributed by atoms with van der Waals surface area (Å²) in [7, 11) is 0. The smallest absolute Gasteiger partial charge is 0.286 e. The minimum atomic E-state index is -0.653. The lowest BCUT2D eigenvalue weighted by molar-refractivity contribution is 0.0974. The van der Waals surface area contributed by atoms with E-state index in [-0.39, 0.29) is 24.1 Å².